The van der Waals surface area contributed by atoms with E-state index >= 15 is 0 Å². The van der Waals surface area contributed by atoms with Crippen LogP contribution in [-0.2, 0) is 4.79 Å². The van der Waals surface area contributed by atoms with Gasteiger partial charge in [-0.05, 0) is 43.7 Å². The lowest BCUT2D eigenvalue weighted by atomic mass is 10.0. The van der Waals surface area contributed by atoms with E-state index < -0.39 is 5.25 Å². The van der Waals surface area contributed by atoms with Crippen LogP contribution in [0, 0.1) is 6.92 Å². The zero-order valence-corrected chi connectivity index (χ0v) is 19.4. The molecule has 4 aromatic rings. The molecule has 0 aliphatic rings. The van der Waals surface area contributed by atoms with Crippen LogP contribution in [0.15, 0.2) is 64.5 Å². The van der Waals surface area contributed by atoms with Gasteiger partial charge in [0.2, 0.25) is 5.91 Å². The molecule has 162 valence electrons. The number of thiophene rings is 1. The molecular weight excluding hydrogens is 442 g/mol. The minimum absolute atomic E-state index is 0.0838. The van der Waals surface area contributed by atoms with E-state index in [-0.39, 0.29) is 17.2 Å². The van der Waals surface area contributed by atoms with Crippen LogP contribution in [0.5, 0.6) is 0 Å². The van der Waals surface area contributed by atoms with Crippen LogP contribution in [0.4, 0.5) is 5.69 Å². The third-order valence-corrected chi connectivity index (χ3v) is 6.91. The highest BCUT2D eigenvalue weighted by Gasteiger charge is 2.21. The highest BCUT2D eigenvalue weighted by Crippen LogP contribution is 2.36. The molecule has 1 atom stereocenters. The number of Topliss-reactive ketones (excluding diaryl/α,β-unsaturated/α-hetero) is 1. The first-order chi connectivity index (χ1) is 15.3. The summed E-state index contributed by atoms with van der Waals surface area (Å²) in [5.41, 5.74) is 2.84. The van der Waals surface area contributed by atoms with Gasteiger partial charge in [-0.1, -0.05) is 42.1 Å². The van der Waals surface area contributed by atoms with E-state index in [0.29, 0.717) is 26.6 Å². The molecule has 0 fully saturated rings. The van der Waals surface area contributed by atoms with Crippen LogP contribution in [0.25, 0.3) is 21.3 Å². The van der Waals surface area contributed by atoms with Crippen molar-refractivity contribution in [3.8, 4) is 11.1 Å². The van der Waals surface area contributed by atoms with Gasteiger partial charge in [-0.3, -0.25) is 14.4 Å². The second kappa shape index (κ2) is 9.10. The predicted octanol–water partition coefficient (Wildman–Crippen LogP) is 5.28. The molecule has 0 saturated heterocycles. The molecule has 8 heteroatoms. The Morgan fingerprint density at radius 2 is 1.78 bits per heavy atom. The van der Waals surface area contributed by atoms with E-state index in [9.17, 15) is 14.4 Å². The lowest BCUT2D eigenvalue weighted by molar-refractivity contribution is -0.114. The topological polar surface area (TPSA) is 91.9 Å². The van der Waals surface area contributed by atoms with E-state index in [1.54, 1.807) is 31.2 Å². The number of aromatic nitrogens is 2. The molecule has 0 saturated carbocycles. The molecule has 0 bridgehead atoms. The number of nitrogens with one attached hydrogen (secondary N) is 2. The summed E-state index contributed by atoms with van der Waals surface area (Å²) >= 11 is 2.70. The van der Waals surface area contributed by atoms with Gasteiger partial charge < -0.3 is 10.3 Å². The summed E-state index contributed by atoms with van der Waals surface area (Å²) in [6.45, 7) is 5.20. The van der Waals surface area contributed by atoms with Crippen molar-refractivity contribution >= 4 is 50.7 Å². The van der Waals surface area contributed by atoms with E-state index in [4.69, 9.17) is 0 Å². The Balaban J connectivity index is 1.59. The zero-order chi connectivity index (χ0) is 22.8. The van der Waals surface area contributed by atoms with Crippen LogP contribution < -0.4 is 10.9 Å². The Hall–Kier alpha value is -3.23. The van der Waals surface area contributed by atoms with E-state index in [0.717, 1.165) is 16.0 Å². The van der Waals surface area contributed by atoms with Gasteiger partial charge in [0, 0.05) is 28.6 Å². The number of hydrogen-bond acceptors (Lipinski definition) is 6. The Morgan fingerprint density at radius 3 is 2.44 bits per heavy atom. The van der Waals surface area contributed by atoms with Gasteiger partial charge in [-0.25, -0.2) is 4.98 Å². The predicted molar refractivity (Wildman–Crippen MR) is 131 cm³/mol. The van der Waals surface area contributed by atoms with Crippen LogP contribution in [0.1, 0.15) is 29.1 Å². The lowest BCUT2D eigenvalue weighted by Gasteiger charge is -2.10. The molecule has 0 spiro atoms. The first-order valence-corrected chi connectivity index (χ1v) is 11.7. The molecule has 0 aliphatic carbocycles. The minimum atomic E-state index is -0.447. The number of aromatic amines is 1. The van der Waals surface area contributed by atoms with Gasteiger partial charge in [0.15, 0.2) is 10.9 Å². The summed E-state index contributed by atoms with van der Waals surface area (Å²) in [5.74, 6) is -0.253. The summed E-state index contributed by atoms with van der Waals surface area (Å²) in [4.78, 5) is 46.1. The normalized spacial score (nSPS) is 12.0. The molecule has 0 radical (unpaired) electrons. The lowest BCUT2D eigenvalue weighted by Crippen LogP contribution is -2.16. The number of aryl methyl sites for hydroxylation is 1. The van der Waals surface area contributed by atoms with Crippen molar-refractivity contribution in [1.82, 2.24) is 9.97 Å². The molecule has 2 aromatic heterocycles. The number of amides is 1. The number of hydrogen-bond donors (Lipinski definition) is 2. The number of anilines is 1. The molecule has 4 rings (SSSR count). The van der Waals surface area contributed by atoms with Gasteiger partial charge in [0.05, 0.1) is 10.6 Å². The highest BCUT2D eigenvalue weighted by molar-refractivity contribution is 8.00. The van der Waals surface area contributed by atoms with E-state index in [1.165, 1.54) is 30.0 Å². The maximum Gasteiger partial charge on any atom is 0.260 e. The number of H-pyrrole nitrogens is 1. The van der Waals surface area contributed by atoms with Crippen molar-refractivity contribution in [2.45, 2.75) is 31.2 Å². The number of nitrogens with zero attached hydrogens (tertiary/aromatic N) is 1. The average molecular weight is 464 g/mol. The highest BCUT2D eigenvalue weighted by atomic mass is 32.2. The summed E-state index contributed by atoms with van der Waals surface area (Å²) in [7, 11) is 0. The molecule has 2 aromatic carbocycles. The van der Waals surface area contributed by atoms with Crippen molar-refractivity contribution < 1.29 is 9.59 Å². The van der Waals surface area contributed by atoms with Gasteiger partial charge in [-0.15, -0.1) is 11.3 Å². The minimum Gasteiger partial charge on any atom is -0.326 e. The number of ketones is 1. The number of carbonyl (C=O) groups excluding carboxylic acids is 2. The summed E-state index contributed by atoms with van der Waals surface area (Å²) < 4.78 is 0. The second-order valence-corrected chi connectivity index (χ2v) is 9.87. The van der Waals surface area contributed by atoms with Gasteiger partial charge >= 0.3 is 0 Å². The van der Waals surface area contributed by atoms with E-state index in [2.05, 4.69) is 15.3 Å². The largest absolute Gasteiger partial charge is 0.326 e. The smallest absolute Gasteiger partial charge is 0.260 e. The van der Waals surface area contributed by atoms with Crippen LogP contribution in [0.3, 0.4) is 0 Å². The Labute approximate surface area is 193 Å². The van der Waals surface area contributed by atoms with Crippen LogP contribution >= 0.6 is 23.1 Å². The summed E-state index contributed by atoms with van der Waals surface area (Å²) in [6.07, 6.45) is 0. The van der Waals surface area contributed by atoms with Crippen molar-refractivity contribution in [2.24, 2.45) is 0 Å². The number of carbonyl (C=O) groups is 2. The molecule has 2 N–H and O–H groups in total. The van der Waals surface area contributed by atoms with E-state index in [1.807, 2.05) is 37.3 Å². The van der Waals surface area contributed by atoms with Crippen molar-refractivity contribution in [1.29, 1.82) is 0 Å². The SMILES string of the molecule is CC(=O)Nc1ccc(C(=O)C(C)Sc2nc3sc(C)c(-c4ccccc4)c3c(=O)[nH]2)cc1. The first kappa shape index (κ1) is 22.0. The number of benzene rings is 2. The summed E-state index contributed by atoms with van der Waals surface area (Å²) in [6, 6.07) is 16.5. The quantitative estimate of drug-likeness (QED) is 0.231. The molecule has 2 heterocycles. The fourth-order valence-electron chi connectivity index (χ4n) is 3.48. The molecule has 0 aliphatic heterocycles. The van der Waals surface area contributed by atoms with Crippen LogP contribution in [-0.4, -0.2) is 26.9 Å². The first-order valence-electron chi connectivity index (χ1n) is 10.0. The molecular formula is C24H21N3O3S2. The summed E-state index contributed by atoms with van der Waals surface area (Å²) in [5, 5.41) is 3.23. The third-order valence-electron chi connectivity index (χ3n) is 4.93. The van der Waals surface area contributed by atoms with Crippen molar-refractivity contribution in [2.75, 3.05) is 5.32 Å². The van der Waals surface area contributed by atoms with Gasteiger partial charge in [0.25, 0.3) is 5.56 Å². The Morgan fingerprint density at radius 1 is 1.09 bits per heavy atom. The second-order valence-electron chi connectivity index (χ2n) is 7.33. The molecule has 6 nitrogen and oxygen atoms in total. The Bertz CT molecular complexity index is 1360. The zero-order valence-electron chi connectivity index (χ0n) is 17.8. The fourth-order valence-corrected chi connectivity index (χ4v) is 5.46. The average Bonchev–Trinajstić information content (AvgIpc) is 3.10. The molecule has 32 heavy (non-hydrogen) atoms. The van der Waals surface area contributed by atoms with Gasteiger partial charge in [-0.2, -0.15) is 0 Å². The maximum absolute atomic E-state index is 12.9. The number of fused-ring (bicyclic) bond motifs is 1. The molecule has 1 unspecified atom stereocenters. The number of thioether (sulfide) groups is 1. The molecule has 1 amide bonds. The number of rotatable bonds is 6. The third kappa shape index (κ3) is 4.51. The van der Waals surface area contributed by atoms with Crippen LogP contribution in [0.2, 0.25) is 0 Å². The van der Waals surface area contributed by atoms with Crippen molar-refractivity contribution in [3.63, 3.8) is 0 Å². The maximum atomic E-state index is 12.9. The van der Waals surface area contributed by atoms with Gasteiger partial charge in [0.1, 0.15) is 4.83 Å². The fraction of sp³-hybridized carbons (Fsp3) is 0.167. The monoisotopic (exact) mass is 463 g/mol. The standard InChI is InChI=1S/C24H21N3O3S2/c1-13-19(16-7-5-4-6-8-16)20-22(30)26-24(27-23(20)31-13)32-14(2)21(29)17-9-11-18(12-10-17)25-15(3)28/h4-12,14H,1-3H3,(H,25,28)(H,26,27,30). The Kier molecular flexibility index (Phi) is 6.25. The van der Waals surface area contributed by atoms with Crippen molar-refractivity contribution in [3.05, 3.63) is 75.4 Å².